The molecule has 0 aromatic heterocycles. The van der Waals surface area contributed by atoms with Crippen LogP contribution >= 0.6 is 0 Å². The van der Waals surface area contributed by atoms with Gasteiger partial charge in [0.2, 0.25) is 10.0 Å². The fourth-order valence-electron chi connectivity index (χ4n) is 2.07. The first kappa shape index (κ1) is 14.3. The molecule has 1 N–H and O–H groups in total. The Labute approximate surface area is 114 Å². The largest absolute Gasteiger partial charge is 0.496 e. The Morgan fingerprint density at radius 2 is 2.26 bits per heavy atom. The van der Waals surface area contributed by atoms with Gasteiger partial charge < -0.3 is 9.47 Å². The number of hydrogen-bond acceptors (Lipinski definition) is 4. The zero-order valence-corrected chi connectivity index (χ0v) is 12.0. The molecule has 0 radical (unpaired) electrons. The van der Waals surface area contributed by atoms with Crippen LogP contribution in [-0.2, 0) is 14.8 Å². The average molecular weight is 285 g/mol. The number of hydrogen-bond donors (Lipinski definition) is 1. The molecule has 6 heteroatoms. The van der Waals surface area contributed by atoms with Gasteiger partial charge >= 0.3 is 0 Å². The molecule has 1 heterocycles. The van der Waals surface area contributed by atoms with Crippen LogP contribution < -0.4 is 9.46 Å². The number of nitrogens with one attached hydrogen (secondary N) is 1. The zero-order valence-electron chi connectivity index (χ0n) is 11.2. The van der Waals surface area contributed by atoms with E-state index in [4.69, 9.17) is 9.47 Å². The minimum absolute atomic E-state index is 0.268. The minimum Gasteiger partial charge on any atom is -0.496 e. The lowest BCUT2D eigenvalue weighted by Crippen LogP contribution is -2.29. The maximum atomic E-state index is 12.1. The maximum Gasteiger partial charge on any atom is 0.240 e. The fourth-order valence-corrected chi connectivity index (χ4v) is 3.27. The molecule has 1 saturated heterocycles. The van der Waals surface area contributed by atoms with E-state index in [1.165, 1.54) is 0 Å². The number of ether oxygens (including phenoxy) is 2. The lowest BCUT2D eigenvalue weighted by molar-refractivity contribution is 0.186. The van der Waals surface area contributed by atoms with Crippen molar-refractivity contribution in [1.82, 2.24) is 4.72 Å². The summed E-state index contributed by atoms with van der Waals surface area (Å²) in [6.07, 6.45) is 0.907. The molecular weight excluding hydrogens is 266 g/mol. The molecule has 0 aliphatic carbocycles. The molecule has 0 saturated carbocycles. The van der Waals surface area contributed by atoms with Gasteiger partial charge in [0.25, 0.3) is 0 Å². The van der Waals surface area contributed by atoms with Crippen molar-refractivity contribution in [3.63, 3.8) is 0 Å². The summed E-state index contributed by atoms with van der Waals surface area (Å²) in [4.78, 5) is 0.268. The summed E-state index contributed by atoms with van der Waals surface area (Å²) in [6.45, 7) is 3.59. The van der Waals surface area contributed by atoms with Crippen LogP contribution in [0.4, 0.5) is 0 Å². The second-order valence-corrected chi connectivity index (χ2v) is 6.48. The van der Waals surface area contributed by atoms with E-state index in [0.29, 0.717) is 25.5 Å². The quantitative estimate of drug-likeness (QED) is 0.886. The molecule has 1 aliphatic heterocycles. The number of benzene rings is 1. The Kier molecular flexibility index (Phi) is 4.44. The van der Waals surface area contributed by atoms with E-state index in [0.717, 1.165) is 12.0 Å². The predicted molar refractivity (Wildman–Crippen MR) is 71.8 cm³/mol. The molecular formula is C13H19NO4S. The van der Waals surface area contributed by atoms with Gasteiger partial charge in [-0.1, -0.05) is 0 Å². The van der Waals surface area contributed by atoms with Gasteiger partial charge in [-0.2, -0.15) is 0 Å². The van der Waals surface area contributed by atoms with Crippen molar-refractivity contribution >= 4 is 10.0 Å². The first-order chi connectivity index (χ1) is 9.03. The highest BCUT2D eigenvalue weighted by Crippen LogP contribution is 2.21. The van der Waals surface area contributed by atoms with Gasteiger partial charge in [0.15, 0.2) is 0 Å². The highest BCUT2D eigenvalue weighted by molar-refractivity contribution is 7.89. The van der Waals surface area contributed by atoms with Gasteiger partial charge in [-0.15, -0.1) is 0 Å². The molecule has 106 valence electrons. The van der Waals surface area contributed by atoms with E-state index in [1.807, 2.05) is 6.92 Å². The molecule has 0 bridgehead atoms. The van der Waals surface area contributed by atoms with Crippen LogP contribution in [0.1, 0.15) is 12.0 Å². The van der Waals surface area contributed by atoms with Crippen LogP contribution in [0.15, 0.2) is 23.1 Å². The molecule has 0 unspecified atom stereocenters. The summed E-state index contributed by atoms with van der Waals surface area (Å²) in [5.41, 5.74) is 0.801. The first-order valence-electron chi connectivity index (χ1n) is 6.25. The van der Waals surface area contributed by atoms with E-state index in [9.17, 15) is 8.42 Å². The van der Waals surface area contributed by atoms with Gasteiger partial charge in [0.1, 0.15) is 5.75 Å². The molecule has 1 aromatic rings. The molecule has 0 spiro atoms. The maximum absolute atomic E-state index is 12.1. The third kappa shape index (κ3) is 3.46. The van der Waals surface area contributed by atoms with Gasteiger partial charge in [0, 0.05) is 13.2 Å². The van der Waals surface area contributed by atoms with Gasteiger partial charge in [-0.25, -0.2) is 13.1 Å². The SMILES string of the molecule is COc1ccc(S(=O)(=O)NC[C@@H]2CCOC2)cc1C. The third-order valence-electron chi connectivity index (χ3n) is 3.26. The second-order valence-electron chi connectivity index (χ2n) is 4.71. The number of methoxy groups -OCH3 is 1. The van der Waals surface area contributed by atoms with Gasteiger partial charge in [-0.05, 0) is 43.0 Å². The second kappa shape index (κ2) is 5.90. The molecule has 2 rings (SSSR count). The van der Waals surface area contributed by atoms with Crippen molar-refractivity contribution in [2.75, 3.05) is 26.9 Å². The van der Waals surface area contributed by atoms with Gasteiger partial charge in [0.05, 0.1) is 18.6 Å². The van der Waals surface area contributed by atoms with E-state index < -0.39 is 10.0 Å². The summed E-state index contributed by atoms with van der Waals surface area (Å²) >= 11 is 0. The van der Waals surface area contributed by atoms with Crippen LogP contribution in [0.5, 0.6) is 5.75 Å². The normalized spacial score (nSPS) is 19.6. The molecule has 0 amide bonds. The fraction of sp³-hybridized carbons (Fsp3) is 0.538. The van der Waals surface area contributed by atoms with E-state index in [1.54, 1.807) is 25.3 Å². The summed E-state index contributed by atoms with van der Waals surface area (Å²) in [5.74, 6) is 0.956. The summed E-state index contributed by atoms with van der Waals surface area (Å²) in [5, 5.41) is 0. The molecule has 1 aromatic carbocycles. The van der Waals surface area contributed by atoms with Crippen molar-refractivity contribution in [3.8, 4) is 5.75 Å². The standard InChI is InChI=1S/C13H19NO4S/c1-10-7-12(3-4-13(10)17-2)19(15,16)14-8-11-5-6-18-9-11/h3-4,7,11,14H,5-6,8-9H2,1-2H3/t11-/m0/s1. The van der Waals surface area contributed by atoms with Crippen LogP contribution in [0, 0.1) is 12.8 Å². The number of sulfonamides is 1. The Morgan fingerprint density at radius 3 is 2.84 bits per heavy atom. The van der Waals surface area contributed by atoms with Crippen molar-refractivity contribution in [1.29, 1.82) is 0 Å². The number of aryl methyl sites for hydroxylation is 1. The minimum atomic E-state index is -3.46. The summed E-state index contributed by atoms with van der Waals surface area (Å²) in [7, 11) is -1.89. The van der Waals surface area contributed by atoms with E-state index in [-0.39, 0.29) is 10.8 Å². The van der Waals surface area contributed by atoms with E-state index in [2.05, 4.69) is 4.72 Å². The van der Waals surface area contributed by atoms with Crippen LogP contribution in [0.25, 0.3) is 0 Å². The highest BCUT2D eigenvalue weighted by atomic mass is 32.2. The molecule has 5 nitrogen and oxygen atoms in total. The van der Waals surface area contributed by atoms with Crippen molar-refractivity contribution in [2.24, 2.45) is 5.92 Å². The molecule has 1 fully saturated rings. The predicted octanol–water partition coefficient (Wildman–Crippen LogP) is 1.32. The molecule has 1 atom stereocenters. The van der Waals surface area contributed by atoms with Crippen LogP contribution in [-0.4, -0.2) is 35.3 Å². The van der Waals surface area contributed by atoms with Crippen molar-refractivity contribution < 1.29 is 17.9 Å². The Balaban J connectivity index is 2.08. The molecule has 19 heavy (non-hydrogen) atoms. The third-order valence-corrected chi connectivity index (χ3v) is 4.68. The molecule has 1 aliphatic rings. The average Bonchev–Trinajstić information content (AvgIpc) is 2.89. The monoisotopic (exact) mass is 285 g/mol. The highest BCUT2D eigenvalue weighted by Gasteiger charge is 2.20. The summed E-state index contributed by atoms with van der Waals surface area (Å²) < 4.78 is 37.3. The van der Waals surface area contributed by atoms with E-state index >= 15 is 0 Å². The lowest BCUT2D eigenvalue weighted by atomic mass is 10.1. The smallest absolute Gasteiger partial charge is 0.240 e. The zero-order chi connectivity index (χ0) is 13.9. The van der Waals surface area contributed by atoms with Crippen LogP contribution in [0.2, 0.25) is 0 Å². The Hall–Kier alpha value is -1.11. The van der Waals surface area contributed by atoms with Crippen LogP contribution in [0.3, 0.4) is 0 Å². The number of rotatable bonds is 5. The Morgan fingerprint density at radius 1 is 1.47 bits per heavy atom. The first-order valence-corrected chi connectivity index (χ1v) is 7.73. The topological polar surface area (TPSA) is 64.6 Å². The lowest BCUT2D eigenvalue weighted by Gasteiger charge is -2.12. The van der Waals surface area contributed by atoms with Crippen molar-refractivity contribution in [2.45, 2.75) is 18.2 Å². The van der Waals surface area contributed by atoms with Gasteiger partial charge in [-0.3, -0.25) is 0 Å². The Bertz CT molecular complexity index is 536. The van der Waals surface area contributed by atoms with Crippen molar-refractivity contribution in [3.05, 3.63) is 23.8 Å². The summed E-state index contributed by atoms with van der Waals surface area (Å²) in [6, 6.07) is 4.84.